The van der Waals surface area contributed by atoms with Crippen molar-refractivity contribution in [2.75, 3.05) is 13.2 Å². The Morgan fingerprint density at radius 1 is 1.00 bits per heavy atom. The fourth-order valence-electron chi connectivity index (χ4n) is 4.47. The van der Waals surface area contributed by atoms with Gasteiger partial charge >= 0.3 is 11.9 Å². The number of esters is 2. The van der Waals surface area contributed by atoms with Gasteiger partial charge in [0.15, 0.2) is 0 Å². The van der Waals surface area contributed by atoms with Crippen LogP contribution in [0.3, 0.4) is 0 Å². The molecule has 0 heterocycles. The number of nitrogens with zero attached hydrogens (tertiary/aromatic N) is 1. The normalized spacial score (nSPS) is 26.5. The van der Waals surface area contributed by atoms with Gasteiger partial charge in [-0.3, -0.25) is 14.6 Å². The number of carbonyl (C=O) groups is 2. The van der Waals surface area contributed by atoms with Crippen molar-refractivity contribution in [1.82, 2.24) is 0 Å². The van der Waals surface area contributed by atoms with Crippen LogP contribution in [0.5, 0.6) is 0 Å². The van der Waals surface area contributed by atoms with E-state index >= 15 is 0 Å². The Hall–Kier alpha value is -2.99. The minimum atomic E-state index is -1.46. The van der Waals surface area contributed by atoms with Crippen molar-refractivity contribution in [1.29, 1.82) is 0 Å². The SMILES string of the molecule is CCOC(=O)[C@@H]1C(=Nc2ccc(C)cc2)C[C@](C)(O)[C@H](C(=O)OCC)[C@H]1c1ccccc1. The van der Waals surface area contributed by atoms with Crippen molar-refractivity contribution in [2.45, 2.75) is 45.6 Å². The molecule has 1 aliphatic carbocycles. The zero-order valence-corrected chi connectivity index (χ0v) is 19.1. The molecule has 32 heavy (non-hydrogen) atoms. The Bertz CT molecular complexity index is 965. The first-order valence-corrected chi connectivity index (χ1v) is 11.0. The summed E-state index contributed by atoms with van der Waals surface area (Å²) in [5.74, 6) is -3.45. The number of benzene rings is 2. The Balaban J connectivity index is 2.20. The second-order valence-electron chi connectivity index (χ2n) is 8.37. The molecule has 1 saturated carbocycles. The summed E-state index contributed by atoms with van der Waals surface area (Å²) in [6.07, 6.45) is 0.0527. The van der Waals surface area contributed by atoms with E-state index in [4.69, 9.17) is 14.5 Å². The van der Waals surface area contributed by atoms with Gasteiger partial charge < -0.3 is 14.6 Å². The number of aliphatic imine (C=N–C) groups is 1. The van der Waals surface area contributed by atoms with E-state index in [0.717, 1.165) is 11.1 Å². The second kappa shape index (κ2) is 10.1. The van der Waals surface area contributed by atoms with Gasteiger partial charge in [-0.05, 0) is 45.4 Å². The van der Waals surface area contributed by atoms with Crippen LogP contribution in [0.1, 0.15) is 44.2 Å². The van der Waals surface area contributed by atoms with Gasteiger partial charge in [-0.2, -0.15) is 0 Å². The van der Waals surface area contributed by atoms with Gasteiger partial charge in [-0.25, -0.2) is 0 Å². The van der Waals surface area contributed by atoms with Crippen LogP contribution in [0.4, 0.5) is 5.69 Å². The maximum absolute atomic E-state index is 13.2. The van der Waals surface area contributed by atoms with E-state index in [2.05, 4.69) is 0 Å². The molecule has 1 N–H and O–H groups in total. The molecular weight excluding hydrogens is 406 g/mol. The largest absolute Gasteiger partial charge is 0.466 e. The van der Waals surface area contributed by atoms with E-state index in [-0.39, 0.29) is 19.6 Å². The van der Waals surface area contributed by atoms with Gasteiger partial charge in [0.2, 0.25) is 0 Å². The minimum Gasteiger partial charge on any atom is -0.466 e. The topological polar surface area (TPSA) is 85.2 Å². The lowest BCUT2D eigenvalue weighted by Gasteiger charge is -2.45. The van der Waals surface area contributed by atoms with Crippen molar-refractivity contribution in [2.24, 2.45) is 16.8 Å². The van der Waals surface area contributed by atoms with Crippen LogP contribution >= 0.6 is 0 Å². The summed E-state index contributed by atoms with van der Waals surface area (Å²) >= 11 is 0. The monoisotopic (exact) mass is 437 g/mol. The fourth-order valence-corrected chi connectivity index (χ4v) is 4.47. The molecule has 2 aromatic carbocycles. The summed E-state index contributed by atoms with van der Waals surface area (Å²) in [6.45, 7) is 7.44. The highest BCUT2D eigenvalue weighted by molar-refractivity contribution is 6.06. The van der Waals surface area contributed by atoms with Crippen molar-refractivity contribution in [3.8, 4) is 0 Å². The van der Waals surface area contributed by atoms with Crippen molar-refractivity contribution in [3.63, 3.8) is 0 Å². The lowest BCUT2D eigenvalue weighted by molar-refractivity contribution is -0.163. The van der Waals surface area contributed by atoms with Gasteiger partial charge in [0.1, 0.15) is 5.92 Å². The average molecular weight is 438 g/mol. The van der Waals surface area contributed by atoms with E-state index in [1.54, 1.807) is 20.8 Å². The Morgan fingerprint density at radius 3 is 2.19 bits per heavy atom. The molecule has 0 amide bonds. The lowest BCUT2D eigenvalue weighted by atomic mass is 9.61. The summed E-state index contributed by atoms with van der Waals surface area (Å²) < 4.78 is 10.8. The van der Waals surface area contributed by atoms with Gasteiger partial charge in [0.25, 0.3) is 0 Å². The molecule has 6 heteroatoms. The third kappa shape index (κ3) is 5.07. The quantitative estimate of drug-likeness (QED) is 0.679. The molecule has 6 nitrogen and oxygen atoms in total. The van der Waals surface area contributed by atoms with Crippen LogP contribution in [0.2, 0.25) is 0 Å². The Morgan fingerprint density at radius 2 is 1.59 bits per heavy atom. The van der Waals surface area contributed by atoms with E-state index in [9.17, 15) is 14.7 Å². The predicted octanol–water partition coefficient (Wildman–Crippen LogP) is 4.36. The second-order valence-corrected chi connectivity index (χ2v) is 8.37. The van der Waals surface area contributed by atoms with E-state index in [1.807, 2.05) is 61.5 Å². The number of aryl methyl sites for hydroxylation is 1. The molecule has 2 aromatic rings. The highest BCUT2D eigenvalue weighted by atomic mass is 16.5. The van der Waals surface area contributed by atoms with Crippen LogP contribution in [0.25, 0.3) is 0 Å². The molecule has 0 spiro atoms. The van der Waals surface area contributed by atoms with E-state index in [0.29, 0.717) is 11.4 Å². The maximum atomic E-state index is 13.2. The minimum absolute atomic E-state index is 0.0527. The molecule has 0 radical (unpaired) electrons. The van der Waals surface area contributed by atoms with Crippen molar-refractivity contribution >= 4 is 23.3 Å². The summed E-state index contributed by atoms with van der Waals surface area (Å²) in [5, 5.41) is 11.5. The number of carbonyl (C=O) groups excluding carboxylic acids is 2. The van der Waals surface area contributed by atoms with Gasteiger partial charge in [-0.1, -0.05) is 48.0 Å². The number of ether oxygens (including phenoxy) is 2. The fraction of sp³-hybridized carbons (Fsp3) is 0.423. The summed E-state index contributed by atoms with van der Waals surface area (Å²) in [4.78, 5) is 31.0. The van der Waals surface area contributed by atoms with E-state index < -0.39 is 35.3 Å². The lowest BCUT2D eigenvalue weighted by Crippen LogP contribution is -2.55. The summed E-state index contributed by atoms with van der Waals surface area (Å²) in [7, 11) is 0. The molecule has 3 rings (SSSR count). The highest BCUT2D eigenvalue weighted by Gasteiger charge is 2.56. The van der Waals surface area contributed by atoms with Crippen molar-refractivity contribution < 1.29 is 24.2 Å². The first-order valence-electron chi connectivity index (χ1n) is 11.0. The van der Waals surface area contributed by atoms with Crippen LogP contribution in [-0.2, 0) is 19.1 Å². The third-order valence-electron chi connectivity index (χ3n) is 5.86. The molecule has 170 valence electrons. The zero-order valence-electron chi connectivity index (χ0n) is 19.1. The molecule has 0 saturated heterocycles. The number of rotatable bonds is 6. The molecule has 4 atom stereocenters. The molecule has 1 aliphatic rings. The predicted molar refractivity (Wildman–Crippen MR) is 123 cm³/mol. The number of hydrogen-bond donors (Lipinski definition) is 1. The number of hydrogen-bond acceptors (Lipinski definition) is 6. The van der Waals surface area contributed by atoms with Gasteiger partial charge in [0.05, 0.1) is 30.4 Å². The summed E-state index contributed by atoms with van der Waals surface area (Å²) in [6, 6.07) is 16.9. The molecule has 0 aliphatic heterocycles. The molecular formula is C26H31NO5. The van der Waals surface area contributed by atoms with Gasteiger partial charge in [-0.15, -0.1) is 0 Å². The highest BCUT2D eigenvalue weighted by Crippen LogP contribution is 2.47. The van der Waals surface area contributed by atoms with Crippen LogP contribution < -0.4 is 0 Å². The Labute approximate surface area is 189 Å². The third-order valence-corrected chi connectivity index (χ3v) is 5.86. The summed E-state index contributed by atoms with van der Waals surface area (Å²) in [5.41, 5.74) is 1.55. The number of aliphatic hydroxyl groups is 1. The smallest absolute Gasteiger partial charge is 0.315 e. The first kappa shape index (κ1) is 23.7. The molecule has 0 unspecified atom stereocenters. The molecule has 0 aromatic heterocycles. The van der Waals surface area contributed by atoms with E-state index in [1.165, 1.54) is 0 Å². The average Bonchev–Trinajstić information content (AvgIpc) is 2.75. The zero-order chi connectivity index (χ0) is 23.3. The van der Waals surface area contributed by atoms with Crippen LogP contribution in [-0.4, -0.2) is 41.6 Å². The van der Waals surface area contributed by atoms with Gasteiger partial charge in [0, 0.05) is 18.1 Å². The van der Waals surface area contributed by atoms with Crippen LogP contribution in [0.15, 0.2) is 59.6 Å². The van der Waals surface area contributed by atoms with Crippen molar-refractivity contribution in [3.05, 3.63) is 65.7 Å². The molecule has 0 bridgehead atoms. The first-order chi connectivity index (χ1) is 15.3. The Kier molecular flexibility index (Phi) is 7.46. The molecule has 1 fully saturated rings. The standard InChI is InChI=1S/C26H31NO5/c1-5-31-24(28)22-20(27-19-14-12-17(3)13-15-19)16-26(4,30)23(25(29)32-6-2)21(22)18-10-8-7-9-11-18/h7-15,21-23,30H,5-6,16H2,1-4H3/t21-,22+,23-,26-/m0/s1. The maximum Gasteiger partial charge on any atom is 0.315 e. The van der Waals surface area contributed by atoms with Crippen LogP contribution in [0, 0.1) is 18.8 Å².